The van der Waals surface area contributed by atoms with Crippen molar-refractivity contribution in [3.8, 4) is 6.07 Å². The van der Waals surface area contributed by atoms with Crippen LogP contribution >= 0.6 is 0 Å². The molecule has 3 rings (SSSR count). The second-order valence-corrected chi connectivity index (χ2v) is 7.90. The maximum Gasteiger partial charge on any atom is 0.303 e. The van der Waals surface area contributed by atoms with Gasteiger partial charge in [0.1, 0.15) is 17.7 Å². The number of carbonyl (C=O) groups is 1. The SMILES string of the molecule is CCC(CC(=O)O)c1cc(F)c(N(CC)C2CCOCC2)c(Nc2ccc(C#N)cn2)c1. The van der Waals surface area contributed by atoms with Gasteiger partial charge >= 0.3 is 5.97 Å². The standard InChI is InChI=1S/C24H29FN4O3/c1-3-17(13-23(30)31)18-11-20(25)24(29(4-2)19-7-9-32-10-8-19)21(12-18)28-22-6-5-16(14-26)15-27-22/h5-6,11-12,15,17,19H,3-4,7-10,13H2,1-2H3,(H,27,28)(H,30,31). The van der Waals surface area contributed by atoms with Crippen LogP contribution in [0.4, 0.5) is 21.6 Å². The Balaban J connectivity index is 2.06. The summed E-state index contributed by atoms with van der Waals surface area (Å²) in [5, 5.41) is 21.5. The molecule has 1 saturated heterocycles. The van der Waals surface area contributed by atoms with Gasteiger partial charge in [0.25, 0.3) is 0 Å². The number of halogens is 1. The van der Waals surface area contributed by atoms with Crippen molar-refractivity contribution in [3.05, 3.63) is 47.4 Å². The third-order valence-electron chi connectivity index (χ3n) is 5.89. The molecule has 0 spiro atoms. The number of hydrogen-bond acceptors (Lipinski definition) is 6. The molecule has 0 amide bonds. The second kappa shape index (κ2) is 10.9. The number of rotatable bonds is 9. The molecule has 32 heavy (non-hydrogen) atoms. The molecule has 1 aromatic heterocycles. The monoisotopic (exact) mass is 440 g/mol. The average Bonchev–Trinajstić information content (AvgIpc) is 2.80. The van der Waals surface area contributed by atoms with E-state index in [-0.39, 0.29) is 18.4 Å². The van der Waals surface area contributed by atoms with Crippen molar-refractivity contribution in [2.75, 3.05) is 30.0 Å². The molecule has 1 aliphatic rings. The largest absolute Gasteiger partial charge is 0.481 e. The highest BCUT2D eigenvalue weighted by atomic mass is 19.1. The smallest absolute Gasteiger partial charge is 0.303 e. The van der Waals surface area contributed by atoms with Gasteiger partial charge in [0, 0.05) is 32.0 Å². The van der Waals surface area contributed by atoms with Crippen molar-refractivity contribution in [1.82, 2.24) is 4.98 Å². The van der Waals surface area contributed by atoms with Gasteiger partial charge < -0.3 is 20.1 Å². The van der Waals surface area contributed by atoms with Gasteiger partial charge in [0.2, 0.25) is 0 Å². The molecule has 2 aromatic rings. The molecule has 7 nitrogen and oxygen atoms in total. The number of carboxylic acid groups (broad SMARTS) is 1. The summed E-state index contributed by atoms with van der Waals surface area (Å²) in [5.41, 5.74) is 2.05. The zero-order chi connectivity index (χ0) is 23.1. The highest BCUT2D eigenvalue weighted by Gasteiger charge is 2.27. The molecule has 0 aliphatic carbocycles. The molecular weight excluding hydrogens is 411 g/mol. The molecule has 8 heteroatoms. The number of hydrogen-bond donors (Lipinski definition) is 2. The summed E-state index contributed by atoms with van der Waals surface area (Å²) >= 11 is 0. The number of benzene rings is 1. The summed E-state index contributed by atoms with van der Waals surface area (Å²) in [6.45, 7) is 5.78. The lowest BCUT2D eigenvalue weighted by molar-refractivity contribution is -0.137. The van der Waals surface area contributed by atoms with E-state index < -0.39 is 11.8 Å². The van der Waals surface area contributed by atoms with Gasteiger partial charge in [-0.2, -0.15) is 5.26 Å². The normalized spacial score (nSPS) is 15.1. The molecule has 1 unspecified atom stereocenters. The molecular formula is C24H29FN4O3. The van der Waals surface area contributed by atoms with Crippen LogP contribution in [0, 0.1) is 17.1 Å². The number of nitriles is 1. The van der Waals surface area contributed by atoms with Gasteiger partial charge in [-0.15, -0.1) is 0 Å². The van der Waals surface area contributed by atoms with Gasteiger partial charge in [0.05, 0.1) is 23.4 Å². The first kappa shape index (κ1) is 23.5. The summed E-state index contributed by atoms with van der Waals surface area (Å²) in [4.78, 5) is 17.6. The minimum atomic E-state index is -0.915. The molecule has 170 valence electrons. The fourth-order valence-electron chi connectivity index (χ4n) is 4.22. The molecule has 1 fully saturated rings. The maximum atomic E-state index is 15.6. The van der Waals surface area contributed by atoms with Gasteiger partial charge in [-0.1, -0.05) is 6.92 Å². The summed E-state index contributed by atoms with van der Waals surface area (Å²) in [6, 6.07) is 8.79. The predicted octanol–water partition coefficient (Wildman–Crippen LogP) is 4.81. The number of pyridine rings is 1. The van der Waals surface area contributed by atoms with Crippen LogP contribution in [0.15, 0.2) is 30.5 Å². The average molecular weight is 441 g/mol. The fourth-order valence-corrected chi connectivity index (χ4v) is 4.22. The number of nitrogens with one attached hydrogen (secondary N) is 1. The third kappa shape index (κ3) is 5.54. The first-order valence-electron chi connectivity index (χ1n) is 11.0. The molecule has 0 radical (unpaired) electrons. The zero-order valence-electron chi connectivity index (χ0n) is 18.5. The van der Waals surface area contributed by atoms with Crippen LogP contribution in [-0.2, 0) is 9.53 Å². The van der Waals surface area contributed by atoms with E-state index in [2.05, 4.69) is 10.3 Å². The number of ether oxygens (including phenoxy) is 1. The summed E-state index contributed by atoms with van der Waals surface area (Å²) in [6.07, 6.45) is 3.58. The number of nitrogens with zero attached hydrogens (tertiary/aromatic N) is 3. The minimum absolute atomic E-state index is 0.0682. The Morgan fingerprint density at radius 1 is 1.38 bits per heavy atom. The lowest BCUT2D eigenvalue weighted by Gasteiger charge is -2.37. The number of anilines is 3. The van der Waals surface area contributed by atoms with E-state index in [4.69, 9.17) is 10.00 Å². The van der Waals surface area contributed by atoms with Crippen LogP contribution < -0.4 is 10.2 Å². The van der Waals surface area contributed by atoms with Gasteiger partial charge in [-0.05, 0) is 61.9 Å². The van der Waals surface area contributed by atoms with E-state index in [1.165, 1.54) is 12.3 Å². The van der Waals surface area contributed by atoms with Crippen LogP contribution in [0.2, 0.25) is 0 Å². The summed E-state index contributed by atoms with van der Waals surface area (Å²) < 4.78 is 21.1. The van der Waals surface area contributed by atoms with Gasteiger partial charge in [-0.25, -0.2) is 9.37 Å². The molecule has 1 atom stereocenters. The third-order valence-corrected chi connectivity index (χ3v) is 5.89. The molecule has 1 aromatic carbocycles. The minimum Gasteiger partial charge on any atom is -0.481 e. The lowest BCUT2D eigenvalue weighted by atomic mass is 9.92. The Morgan fingerprint density at radius 2 is 2.12 bits per heavy atom. The number of aliphatic carboxylic acids is 1. The van der Waals surface area contributed by atoms with E-state index in [9.17, 15) is 9.90 Å². The van der Waals surface area contributed by atoms with Crippen LogP contribution in [-0.4, -0.2) is 41.9 Å². The van der Waals surface area contributed by atoms with Crippen molar-refractivity contribution in [1.29, 1.82) is 5.26 Å². The van der Waals surface area contributed by atoms with Gasteiger partial charge in [-0.3, -0.25) is 4.79 Å². The van der Waals surface area contributed by atoms with Crippen LogP contribution in [0.1, 0.15) is 56.6 Å². The van der Waals surface area contributed by atoms with E-state index in [0.29, 0.717) is 54.5 Å². The molecule has 1 aliphatic heterocycles. The van der Waals surface area contributed by atoms with Gasteiger partial charge in [0.15, 0.2) is 0 Å². The summed E-state index contributed by atoms with van der Waals surface area (Å²) in [5.74, 6) is -1.13. The van der Waals surface area contributed by atoms with Crippen molar-refractivity contribution >= 4 is 23.2 Å². The van der Waals surface area contributed by atoms with Crippen LogP contribution in [0.3, 0.4) is 0 Å². The van der Waals surface area contributed by atoms with Crippen molar-refractivity contribution < 1.29 is 19.0 Å². The topological polar surface area (TPSA) is 98.5 Å². The quantitative estimate of drug-likeness (QED) is 0.577. The Morgan fingerprint density at radius 3 is 2.69 bits per heavy atom. The summed E-state index contributed by atoms with van der Waals surface area (Å²) in [7, 11) is 0. The predicted molar refractivity (Wildman–Crippen MR) is 121 cm³/mol. The molecule has 2 N–H and O–H groups in total. The number of carboxylic acids is 1. The Kier molecular flexibility index (Phi) is 8.01. The van der Waals surface area contributed by atoms with E-state index in [1.54, 1.807) is 12.1 Å². The van der Waals surface area contributed by atoms with Crippen LogP contribution in [0.5, 0.6) is 0 Å². The first-order valence-corrected chi connectivity index (χ1v) is 11.0. The zero-order valence-corrected chi connectivity index (χ0v) is 18.5. The lowest BCUT2D eigenvalue weighted by Crippen LogP contribution is -2.40. The maximum absolute atomic E-state index is 15.6. The Labute approximate surface area is 187 Å². The second-order valence-electron chi connectivity index (χ2n) is 7.90. The highest BCUT2D eigenvalue weighted by Crippen LogP contribution is 2.38. The van der Waals surface area contributed by atoms with Crippen molar-refractivity contribution in [3.63, 3.8) is 0 Å². The number of aromatic nitrogens is 1. The van der Waals surface area contributed by atoms with Crippen molar-refractivity contribution in [2.45, 2.75) is 51.5 Å². The Bertz CT molecular complexity index is 968. The van der Waals surface area contributed by atoms with E-state index in [0.717, 1.165) is 12.8 Å². The fraction of sp³-hybridized carbons (Fsp3) is 0.458. The van der Waals surface area contributed by atoms with E-state index >= 15 is 4.39 Å². The first-order chi connectivity index (χ1) is 15.5. The Hall–Kier alpha value is -3.18. The molecule has 0 bridgehead atoms. The van der Waals surface area contributed by atoms with E-state index in [1.807, 2.05) is 30.9 Å². The highest BCUT2D eigenvalue weighted by molar-refractivity contribution is 5.77. The van der Waals surface area contributed by atoms with Crippen LogP contribution in [0.25, 0.3) is 0 Å². The molecule has 0 saturated carbocycles. The van der Waals surface area contributed by atoms with Crippen molar-refractivity contribution in [2.24, 2.45) is 0 Å². The molecule has 2 heterocycles.